The summed E-state index contributed by atoms with van der Waals surface area (Å²) in [5.74, 6) is 0. The van der Waals surface area contributed by atoms with Gasteiger partial charge in [0.25, 0.3) is 0 Å². The molecule has 1 amide bonds. The second kappa shape index (κ2) is 7.79. The molecular weight excluding hydrogens is 292 g/mol. The van der Waals surface area contributed by atoms with Crippen LogP contribution in [0.1, 0.15) is 45.3 Å². The fraction of sp³-hybridized carbons (Fsp3) is 0.611. The summed E-state index contributed by atoms with van der Waals surface area (Å²) in [6.07, 6.45) is 0.592. The number of carbonyl (C=O) groups is 1. The molecular formula is C18H28N2O3. The van der Waals surface area contributed by atoms with Crippen LogP contribution in [0, 0.1) is 0 Å². The maximum atomic E-state index is 12.4. The van der Waals surface area contributed by atoms with Crippen LogP contribution in [0.25, 0.3) is 0 Å². The summed E-state index contributed by atoms with van der Waals surface area (Å²) in [4.78, 5) is 14.1. The quantitative estimate of drug-likeness (QED) is 0.895. The normalized spacial score (nSPS) is 20.2. The van der Waals surface area contributed by atoms with Gasteiger partial charge in [-0.3, -0.25) is 0 Å². The third-order valence-electron chi connectivity index (χ3n) is 3.94. The van der Waals surface area contributed by atoms with Crippen molar-refractivity contribution in [1.29, 1.82) is 0 Å². The van der Waals surface area contributed by atoms with Gasteiger partial charge < -0.3 is 20.1 Å². The lowest BCUT2D eigenvalue weighted by atomic mass is 10.0. The van der Waals surface area contributed by atoms with Crippen molar-refractivity contribution in [2.45, 2.75) is 51.4 Å². The summed E-state index contributed by atoms with van der Waals surface area (Å²) in [6.45, 7) is 7.78. The van der Waals surface area contributed by atoms with Crippen molar-refractivity contribution in [2.75, 3.05) is 19.6 Å². The Kier molecular flexibility index (Phi) is 6.02. The smallest absolute Gasteiger partial charge is 0.410 e. The molecule has 5 heteroatoms. The van der Waals surface area contributed by atoms with Gasteiger partial charge in [0.1, 0.15) is 5.60 Å². The molecule has 1 aromatic carbocycles. The molecule has 1 aliphatic heterocycles. The Morgan fingerprint density at radius 2 is 2.09 bits per heavy atom. The molecule has 1 heterocycles. The first-order valence-electron chi connectivity index (χ1n) is 8.30. The van der Waals surface area contributed by atoms with Gasteiger partial charge in [-0.05, 0) is 39.2 Å². The Morgan fingerprint density at radius 1 is 1.39 bits per heavy atom. The third-order valence-corrected chi connectivity index (χ3v) is 3.94. The molecule has 1 aliphatic rings. The number of amides is 1. The van der Waals surface area contributed by atoms with Crippen molar-refractivity contribution in [3.05, 3.63) is 35.9 Å². The molecule has 2 atom stereocenters. The lowest BCUT2D eigenvalue weighted by molar-refractivity contribution is 0.00927. The second-order valence-electron chi connectivity index (χ2n) is 7.04. The van der Waals surface area contributed by atoms with Crippen molar-refractivity contribution >= 4 is 6.09 Å². The minimum absolute atomic E-state index is 0.0527. The van der Waals surface area contributed by atoms with Gasteiger partial charge >= 0.3 is 6.09 Å². The van der Waals surface area contributed by atoms with Gasteiger partial charge in [0.2, 0.25) is 0 Å². The number of nitrogens with one attached hydrogen (secondary N) is 1. The van der Waals surface area contributed by atoms with Crippen molar-refractivity contribution in [3.63, 3.8) is 0 Å². The zero-order valence-corrected chi connectivity index (χ0v) is 14.3. The minimum Gasteiger partial charge on any atom is -0.444 e. The topological polar surface area (TPSA) is 61.8 Å². The Morgan fingerprint density at radius 3 is 2.74 bits per heavy atom. The zero-order valence-electron chi connectivity index (χ0n) is 14.3. The van der Waals surface area contributed by atoms with Gasteiger partial charge in [-0.25, -0.2) is 4.79 Å². The molecule has 5 nitrogen and oxygen atoms in total. The van der Waals surface area contributed by atoms with Crippen LogP contribution in [0.4, 0.5) is 4.79 Å². The first kappa shape index (κ1) is 17.8. The van der Waals surface area contributed by atoms with E-state index in [1.165, 1.54) is 0 Å². The Bertz CT molecular complexity index is 499. The fourth-order valence-corrected chi connectivity index (χ4v) is 2.77. The summed E-state index contributed by atoms with van der Waals surface area (Å²) >= 11 is 0. The van der Waals surface area contributed by atoms with E-state index in [1.54, 1.807) is 4.90 Å². The molecule has 2 rings (SSSR count). The van der Waals surface area contributed by atoms with Crippen molar-refractivity contribution in [3.8, 4) is 0 Å². The predicted octanol–water partition coefficient (Wildman–Crippen LogP) is 2.71. The third kappa shape index (κ3) is 5.52. The summed E-state index contributed by atoms with van der Waals surface area (Å²) in [6, 6.07) is 9.69. The molecule has 0 radical (unpaired) electrons. The van der Waals surface area contributed by atoms with E-state index in [2.05, 4.69) is 5.32 Å². The van der Waals surface area contributed by atoms with Crippen LogP contribution < -0.4 is 5.32 Å². The van der Waals surface area contributed by atoms with E-state index >= 15 is 0 Å². The van der Waals surface area contributed by atoms with Crippen LogP contribution in [0.2, 0.25) is 0 Å². The molecule has 0 spiro atoms. The number of hydrogen-bond acceptors (Lipinski definition) is 4. The highest BCUT2D eigenvalue weighted by atomic mass is 16.6. The van der Waals surface area contributed by atoms with Gasteiger partial charge in [-0.2, -0.15) is 0 Å². The van der Waals surface area contributed by atoms with Crippen LogP contribution in [0.15, 0.2) is 30.3 Å². The maximum Gasteiger partial charge on any atom is 0.410 e. The number of benzene rings is 1. The standard InChI is InChI=1S/C18H28N2O3/c1-18(2,3)23-17(22)20-12-11-19-13-15(20)9-10-16(21)14-7-5-4-6-8-14/h4-8,15-16,19,21H,9-13H2,1-3H3/t15?,16-/m0/s1. The van der Waals surface area contributed by atoms with E-state index in [0.717, 1.165) is 25.1 Å². The van der Waals surface area contributed by atoms with Gasteiger partial charge in [-0.15, -0.1) is 0 Å². The van der Waals surface area contributed by atoms with Gasteiger partial charge in [0.15, 0.2) is 0 Å². The lowest BCUT2D eigenvalue weighted by Crippen LogP contribution is -2.54. The first-order chi connectivity index (χ1) is 10.9. The van der Waals surface area contributed by atoms with Crippen LogP contribution in [-0.4, -0.2) is 47.4 Å². The summed E-state index contributed by atoms with van der Waals surface area (Å²) in [5.41, 5.74) is 0.427. The molecule has 0 bridgehead atoms. The SMILES string of the molecule is CC(C)(C)OC(=O)N1CCNCC1CC[C@H](O)c1ccccc1. The highest BCUT2D eigenvalue weighted by Crippen LogP contribution is 2.22. The van der Waals surface area contributed by atoms with Crippen molar-refractivity contribution < 1.29 is 14.6 Å². The molecule has 2 N–H and O–H groups in total. The number of piperazine rings is 1. The van der Waals surface area contributed by atoms with E-state index in [0.29, 0.717) is 13.0 Å². The number of aliphatic hydroxyl groups is 1. The molecule has 1 unspecified atom stereocenters. The van der Waals surface area contributed by atoms with Crippen LogP contribution in [0.3, 0.4) is 0 Å². The number of rotatable bonds is 4. The molecule has 1 aromatic rings. The van der Waals surface area contributed by atoms with Gasteiger partial charge in [0.05, 0.1) is 6.10 Å². The van der Waals surface area contributed by atoms with Crippen molar-refractivity contribution in [2.24, 2.45) is 0 Å². The second-order valence-corrected chi connectivity index (χ2v) is 7.04. The number of carbonyl (C=O) groups excluding carboxylic acids is 1. The average molecular weight is 320 g/mol. The highest BCUT2D eigenvalue weighted by Gasteiger charge is 2.30. The van der Waals surface area contributed by atoms with Crippen LogP contribution in [0.5, 0.6) is 0 Å². The first-order valence-corrected chi connectivity index (χ1v) is 8.30. The molecule has 128 valence electrons. The van der Waals surface area contributed by atoms with E-state index < -0.39 is 11.7 Å². The van der Waals surface area contributed by atoms with Gasteiger partial charge in [0, 0.05) is 25.7 Å². The van der Waals surface area contributed by atoms with Crippen LogP contribution >= 0.6 is 0 Å². The maximum absolute atomic E-state index is 12.4. The van der Waals surface area contributed by atoms with Crippen molar-refractivity contribution in [1.82, 2.24) is 10.2 Å². The number of nitrogens with zero attached hydrogens (tertiary/aromatic N) is 1. The number of ether oxygens (including phenoxy) is 1. The minimum atomic E-state index is -0.501. The molecule has 23 heavy (non-hydrogen) atoms. The summed E-state index contributed by atoms with van der Waals surface area (Å²) < 4.78 is 5.50. The molecule has 0 aliphatic carbocycles. The predicted molar refractivity (Wildman–Crippen MR) is 90.2 cm³/mol. The molecule has 0 aromatic heterocycles. The molecule has 1 fully saturated rings. The van der Waals surface area contributed by atoms with E-state index in [-0.39, 0.29) is 12.1 Å². The van der Waals surface area contributed by atoms with E-state index in [9.17, 15) is 9.90 Å². The fourth-order valence-electron chi connectivity index (χ4n) is 2.77. The molecule has 0 saturated carbocycles. The highest BCUT2D eigenvalue weighted by molar-refractivity contribution is 5.68. The van der Waals surface area contributed by atoms with E-state index in [1.807, 2.05) is 51.1 Å². The molecule has 1 saturated heterocycles. The largest absolute Gasteiger partial charge is 0.444 e. The number of aliphatic hydroxyl groups excluding tert-OH is 1. The van der Waals surface area contributed by atoms with Crippen LogP contribution in [-0.2, 0) is 4.74 Å². The average Bonchev–Trinajstić information content (AvgIpc) is 2.52. The Labute approximate surface area is 138 Å². The summed E-state index contributed by atoms with van der Waals surface area (Å²) in [7, 11) is 0. The van der Waals surface area contributed by atoms with Gasteiger partial charge in [-0.1, -0.05) is 30.3 Å². The lowest BCUT2D eigenvalue weighted by Gasteiger charge is -2.37. The zero-order chi connectivity index (χ0) is 16.9. The Hall–Kier alpha value is -1.59. The number of hydrogen-bond donors (Lipinski definition) is 2. The van der Waals surface area contributed by atoms with E-state index in [4.69, 9.17) is 4.74 Å². The summed E-state index contributed by atoms with van der Waals surface area (Å²) in [5, 5.41) is 13.6. The Balaban J connectivity index is 1.92. The monoisotopic (exact) mass is 320 g/mol.